The molecule has 0 bridgehead atoms. The number of imidazole rings is 2. The molecular weight excluding hydrogens is 1300 g/mol. The molecule has 6 nitrogen and oxygen atoms in total. The second-order valence-corrected chi connectivity index (χ2v) is 30.5. The third kappa shape index (κ3) is 10.9. The maximum absolute atomic E-state index is 5.27. The van der Waals surface area contributed by atoms with Gasteiger partial charge in [-0.15, -0.1) is 0 Å². The van der Waals surface area contributed by atoms with Crippen LogP contribution in [0.15, 0.2) is 364 Å². The first-order valence-corrected chi connectivity index (χ1v) is 37.2. The summed E-state index contributed by atoms with van der Waals surface area (Å²) in [7, 11) is 0. The second-order valence-electron chi connectivity index (χ2n) is 30.5. The molecule has 6 heteroatoms. The summed E-state index contributed by atoms with van der Waals surface area (Å²) in [4.78, 5) is 12.7. The van der Waals surface area contributed by atoms with E-state index in [1.165, 1.54) is 88.6 Å². The predicted molar refractivity (Wildman–Crippen MR) is 447 cm³/mol. The van der Waals surface area contributed by atoms with Gasteiger partial charge in [0.25, 0.3) is 0 Å². The van der Waals surface area contributed by atoms with E-state index in [-0.39, 0.29) is 10.8 Å². The number of aromatic nitrogens is 5. The zero-order chi connectivity index (χ0) is 72.1. The van der Waals surface area contributed by atoms with Gasteiger partial charge in [-0.25, -0.2) is 9.97 Å². The Morgan fingerprint density at radius 1 is 0.252 bits per heavy atom. The molecule has 18 aromatic rings. The van der Waals surface area contributed by atoms with Crippen molar-refractivity contribution in [1.82, 2.24) is 23.7 Å². The minimum Gasteiger partial charge on any atom is -0.310 e. The highest BCUT2D eigenvalue weighted by Gasteiger charge is 2.53. The van der Waals surface area contributed by atoms with Crippen LogP contribution in [-0.4, -0.2) is 23.7 Å². The van der Waals surface area contributed by atoms with E-state index >= 15 is 0 Å². The number of para-hydroxylation sites is 10. The lowest BCUT2D eigenvalue weighted by molar-refractivity contribution is 0.586. The Balaban J connectivity index is 0.000000166. The van der Waals surface area contributed by atoms with E-state index in [0.717, 1.165) is 90.1 Å². The second kappa shape index (κ2) is 25.6. The molecule has 0 fully saturated rings. The fraction of sp³-hybridized carbons (Fsp3) is 0.0891. The molecule has 0 N–H and O–H groups in total. The Bertz CT molecular complexity index is 6290. The fourth-order valence-corrected chi connectivity index (χ4v) is 16.9. The molecule has 0 unspecified atom stereocenters. The zero-order valence-electron chi connectivity index (χ0n) is 60.8. The average Bonchev–Trinajstić information content (AvgIpc) is 1.50. The third-order valence-electron chi connectivity index (χ3n) is 22.0. The first kappa shape index (κ1) is 64.7. The van der Waals surface area contributed by atoms with Crippen LogP contribution in [0.4, 0.5) is 17.1 Å². The van der Waals surface area contributed by atoms with E-state index in [2.05, 4.69) is 412 Å². The molecule has 15 aromatic carbocycles. The van der Waals surface area contributed by atoms with E-state index < -0.39 is 5.41 Å². The average molecular weight is 1380 g/mol. The van der Waals surface area contributed by atoms with Gasteiger partial charge in [0, 0.05) is 56.0 Å². The summed E-state index contributed by atoms with van der Waals surface area (Å²) in [5.74, 6) is 1.87. The van der Waals surface area contributed by atoms with Crippen molar-refractivity contribution >= 4 is 60.9 Å². The Morgan fingerprint density at radius 2 is 0.607 bits per heavy atom. The number of nitrogens with zero attached hydrogens (tertiary/aromatic N) is 6. The summed E-state index contributed by atoms with van der Waals surface area (Å²) in [6.45, 7) is 14.0. The first-order chi connectivity index (χ1) is 52.3. The number of fused-ring (bicyclic) bond motifs is 15. The van der Waals surface area contributed by atoms with Gasteiger partial charge in [-0.2, -0.15) is 0 Å². The summed E-state index contributed by atoms with van der Waals surface area (Å²) >= 11 is 0. The van der Waals surface area contributed by atoms with Gasteiger partial charge in [0.1, 0.15) is 11.6 Å². The molecule has 0 atom stereocenters. The highest BCUT2D eigenvalue weighted by atomic mass is 15.1. The standard InChI is InChI=1S/C64H53N3.C37H25N3/c1-62(2,3)45-30-34-52-53-35-31-46(63(4,5)6)40-57(53)64(56(52)39-45)55-38-43(42-19-18-20-44(37-42)61-65-59-27-16-17-28-60(59)67(61)49-25-14-9-15-26-49)29-33-51(55)54-36-32-50(41-58(54)64)66(47-21-10-7-11-22-47)48-23-12-8-13-24-48;1-2-13-29(14-3-1)40-36-20-9-6-17-33(36)38-37(40)28-12-10-11-27(25-28)26-21-23-30(24-22-26)39-34-18-7-4-15-31(34)32-16-5-8-19-35(32)39/h7-41H,1-6H3;1-25H. The van der Waals surface area contributed by atoms with E-state index in [9.17, 15) is 0 Å². The number of hydrogen-bond acceptors (Lipinski definition) is 3. The Kier molecular flexibility index (Phi) is 15.5. The quantitative estimate of drug-likeness (QED) is 0.137. The maximum atomic E-state index is 5.27. The van der Waals surface area contributed by atoms with Crippen LogP contribution in [0.3, 0.4) is 0 Å². The Hall–Kier alpha value is -13.2. The van der Waals surface area contributed by atoms with Gasteiger partial charge in [0.15, 0.2) is 0 Å². The van der Waals surface area contributed by atoms with Crippen LogP contribution in [0.1, 0.15) is 74.9 Å². The molecule has 20 rings (SSSR count). The predicted octanol–water partition coefficient (Wildman–Crippen LogP) is 26.2. The number of hydrogen-bond donors (Lipinski definition) is 0. The van der Waals surface area contributed by atoms with Gasteiger partial charge in [-0.05, 0) is 216 Å². The molecule has 0 radical (unpaired) electrons. The normalized spacial score (nSPS) is 12.7. The van der Waals surface area contributed by atoms with Gasteiger partial charge < -0.3 is 9.47 Å². The maximum Gasteiger partial charge on any atom is 0.145 e. The summed E-state index contributed by atoms with van der Waals surface area (Å²) in [5.41, 5.74) is 32.6. The molecule has 0 saturated carbocycles. The Morgan fingerprint density at radius 3 is 1.08 bits per heavy atom. The zero-order valence-corrected chi connectivity index (χ0v) is 60.8. The highest BCUT2D eigenvalue weighted by molar-refractivity contribution is 6.09. The van der Waals surface area contributed by atoms with Crippen molar-refractivity contribution in [3.05, 3.63) is 397 Å². The van der Waals surface area contributed by atoms with Crippen LogP contribution >= 0.6 is 0 Å². The molecule has 3 heterocycles. The number of rotatable bonds is 10. The van der Waals surface area contributed by atoms with Crippen molar-refractivity contribution in [2.45, 2.75) is 57.8 Å². The minimum atomic E-state index is -0.595. The van der Waals surface area contributed by atoms with Gasteiger partial charge in [0.05, 0.1) is 38.5 Å². The van der Waals surface area contributed by atoms with Crippen molar-refractivity contribution in [3.8, 4) is 84.3 Å². The van der Waals surface area contributed by atoms with E-state index in [0.29, 0.717) is 0 Å². The molecule has 512 valence electrons. The van der Waals surface area contributed by atoms with Gasteiger partial charge in [-0.3, -0.25) is 9.13 Å². The van der Waals surface area contributed by atoms with Crippen LogP contribution in [0.25, 0.3) is 128 Å². The number of benzene rings is 15. The van der Waals surface area contributed by atoms with Crippen LogP contribution in [0, 0.1) is 0 Å². The van der Waals surface area contributed by atoms with Crippen molar-refractivity contribution in [2.24, 2.45) is 0 Å². The van der Waals surface area contributed by atoms with E-state index in [1.807, 2.05) is 12.1 Å². The summed E-state index contributed by atoms with van der Waals surface area (Å²) in [5, 5.41) is 2.55. The lowest BCUT2D eigenvalue weighted by Gasteiger charge is -2.34. The summed E-state index contributed by atoms with van der Waals surface area (Å²) < 4.78 is 6.90. The highest BCUT2D eigenvalue weighted by Crippen LogP contribution is 2.65. The molecule has 3 aromatic heterocycles. The Labute approximate surface area is 625 Å². The lowest BCUT2D eigenvalue weighted by Crippen LogP contribution is -2.27. The molecule has 1 spiro atoms. The van der Waals surface area contributed by atoms with Crippen LogP contribution in [0.5, 0.6) is 0 Å². The molecule has 0 aliphatic heterocycles. The topological polar surface area (TPSA) is 43.8 Å². The minimum absolute atomic E-state index is 0.0520. The van der Waals surface area contributed by atoms with Gasteiger partial charge in [-0.1, -0.05) is 278 Å². The molecule has 0 amide bonds. The SMILES string of the molecule is CC(C)(C)c1ccc2c(c1)C1(c3cc(-c4cccc(-c5nc6ccccc6n5-c5ccccc5)c4)ccc3-c3ccc(N(c4ccccc4)c4ccccc4)cc31)c1cc(C(C)(C)C)ccc1-2.c1ccc(-n2c(-c3cccc(-c4ccc(-n5c6ccccc6c6ccccc65)cc4)c3)nc3ccccc32)cc1. The molecule has 107 heavy (non-hydrogen) atoms. The largest absolute Gasteiger partial charge is 0.310 e. The van der Waals surface area contributed by atoms with E-state index in [1.54, 1.807) is 0 Å². The summed E-state index contributed by atoms with van der Waals surface area (Å²) in [6.07, 6.45) is 0. The molecule has 2 aliphatic carbocycles. The van der Waals surface area contributed by atoms with E-state index in [4.69, 9.17) is 9.97 Å². The summed E-state index contributed by atoms with van der Waals surface area (Å²) in [6, 6.07) is 132. The van der Waals surface area contributed by atoms with Crippen molar-refractivity contribution in [2.75, 3.05) is 4.90 Å². The van der Waals surface area contributed by atoms with Crippen LogP contribution in [0.2, 0.25) is 0 Å². The van der Waals surface area contributed by atoms with Gasteiger partial charge >= 0.3 is 0 Å². The first-order valence-electron chi connectivity index (χ1n) is 37.2. The molecular formula is C101H78N6. The molecule has 0 saturated heterocycles. The third-order valence-corrected chi connectivity index (χ3v) is 22.0. The lowest BCUT2D eigenvalue weighted by atomic mass is 9.68. The van der Waals surface area contributed by atoms with Crippen LogP contribution in [-0.2, 0) is 16.2 Å². The monoisotopic (exact) mass is 1370 g/mol. The van der Waals surface area contributed by atoms with Crippen LogP contribution < -0.4 is 4.90 Å². The molecule has 2 aliphatic rings. The fourth-order valence-electron chi connectivity index (χ4n) is 16.9. The van der Waals surface area contributed by atoms with Crippen molar-refractivity contribution in [1.29, 1.82) is 0 Å². The van der Waals surface area contributed by atoms with Crippen molar-refractivity contribution < 1.29 is 0 Å². The smallest absolute Gasteiger partial charge is 0.145 e. The van der Waals surface area contributed by atoms with Gasteiger partial charge in [0.2, 0.25) is 0 Å². The van der Waals surface area contributed by atoms with Crippen molar-refractivity contribution in [3.63, 3.8) is 0 Å². The number of anilines is 3.